The minimum atomic E-state index is -0.335. The summed E-state index contributed by atoms with van der Waals surface area (Å²) in [4.78, 5) is 0. The summed E-state index contributed by atoms with van der Waals surface area (Å²) in [6.45, 7) is 6.34. The average molecular weight is 258 g/mol. The molecule has 0 unspecified atom stereocenters. The Bertz CT molecular complexity index is 437. The fourth-order valence-corrected chi connectivity index (χ4v) is 2.96. The van der Waals surface area contributed by atoms with E-state index >= 15 is 0 Å². The molecule has 102 valence electrons. The summed E-state index contributed by atoms with van der Waals surface area (Å²) in [5.41, 5.74) is 1.98. The van der Waals surface area contributed by atoms with Crippen LogP contribution in [0.2, 0.25) is 0 Å². The Morgan fingerprint density at radius 3 is 2.11 bits per heavy atom. The van der Waals surface area contributed by atoms with Crippen molar-refractivity contribution in [1.29, 1.82) is 0 Å². The molecule has 19 heavy (non-hydrogen) atoms. The van der Waals surface area contributed by atoms with Crippen LogP contribution >= 0.6 is 0 Å². The zero-order valence-corrected chi connectivity index (χ0v) is 12.4. The Kier molecular flexibility index (Phi) is 4.08. The number of hydrogen-bond donors (Lipinski definition) is 0. The average Bonchev–Trinajstić information content (AvgIpc) is 2.53. The molecule has 0 spiro atoms. The number of hydrogen-bond acceptors (Lipinski definition) is 0. The molecule has 1 aromatic carbocycles. The van der Waals surface area contributed by atoms with Gasteiger partial charge in [-0.15, -0.1) is 0 Å². The summed E-state index contributed by atoms with van der Waals surface area (Å²) >= 11 is 0. The number of rotatable bonds is 1. The molecule has 0 bridgehead atoms. The molecule has 1 fully saturated rings. The molecule has 0 nitrogen and oxygen atoms in total. The maximum absolute atomic E-state index is 13.9. The van der Waals surface area contributed by atoms with E-state index in [1.165, 1.54) is 12.8 Å². The molecule has 0 aromatic heterocycles. The predicted octanol–water partition coefficient (Wildman–Crippen LogP) is 4.84. The zero-order chi connectivity index (χ0) is 14.1. The summed E-state index contributed by atoms with van der Waals surface area (Å²) in [6, 6.07) is 5.40. The lowest BCUT2D eigenvalue weighted by Gasteiger charge is -2.31. The van der Waals surface area contributed by atoms with Crippen molar-refractivity contribution >= 4 is 7.85 Å². The Morgan fingerprint density at radius 1 is 1.00 bits per heavy atom. The molecule has 0 N–H and O–H groups in total. The van der Waals surface area contributed by atoms with Crippen LogP contribution in [0, 0.1) is 5.82 Å². The van der Waals surface area contributed by atoms with Crippen molar-refractivity contribution in [2.75, 3.05) is 0 Å². The molecule has 1 saturated carbocycles. The first-order valence-electron chi connectivity index (χ1n) is 7.42. The van der Waals surface area contributed by atoms with Gasteiger partial charge in [-0.05, 0) is 34.0 Å². The van der Waals surface area contributed by atoms with E-state index < -0.39 is 0 Å². The third-order valence-corrected chi connectivity index (χ3v) is 4.33. The van der Waals surface area contributed by atoms with Crippen LogP contribution in [0.4, 0.5) is 4.39 Å². The second-order valence-electron chi connectivity index (χ2n) is 7.05. The zero-order valence-electron chi connectivity index (χ0n) is 12.4. The van der Waals surface area contributed by atoms with E-state index in [1.807, 2.05) is 0 Å². The van der Waals surface area contributed by atoms with Crippen molar-refractivity contribution in [2.24, 2.45) is 0 Å². The summed E-state index contributed by atoms with van der Waals surface area (Å²) in [7, 11) is 6.59. The van der Waals surface area contributed by atoms with Crippen molar-refractivity contribution in [3.8, 4) is 0 Å². The first-order chi connectivity index (χ1) is 8.81. The van der Waals surface area contributed by atoms with Crippen LogP contribution in [0.25, 0.3) is 0 Å². The van der Waals surface area contributed by atoms with E-state index in [-0.39, 0.29) is 16.5 Å². The van der Waals surface area contributed by atoms with E-state index in [1.54, 1.807) is 12.1 Å². The second-order valence-corrected chi connectivity index (χ2v) is 7.05. The van der Waals surface area contributed by atoms with E-state index in [0.717, 1.165) is 36.8 Å². The van der Waals surface area contributed by atoms with Crippen LogP contribution in [0.15, 0.2) is 18.2 Å². The molecule has 0 aliphatic heterocycles. The van der Waals surface area contributed by atoms with Crippen LogP contribution in [0.3, 0.4) is 0 Å². The first-order valence-corrected chi connectivity index (χ1v) is 7.42. The lowest BCUT2D eigenvalue weighted by Crippen LogP contribution is -2.27. The van der Waals surface area contributed by atoms with E-state index in [9.17, 15) is 4.39 Å². The second kappa shape index (κ2) is 5.30. The molecule has 0 atom stereocenters. The minimum Gasteiger partial charge on any atom is -0.207 e. The van der Waals surface area contributed by atoms with Gasteiger partial charge in [0, 0.05) is 0 Å². The topological polar surface area (TPSA) is 0 Å². The molecule has 2 rings (SSSR count). The highest BCUT2D eigenvalue weighted by atomic mass is 19.1. The van der Waals surface area contributed by atoms with Gasteiger partial charge in [-0.3, -0.25) is 0 Å². The molecule has 1 aromatic rings. The molecular weight excluding hydrogens is 234 g/mol. The Labute approximate surface area is 118 Å². The van der Waals surface area contributed by atoms with Gasteiger partial charge in [-0.2, -0.15) is 0 Å². The Balaban J connectivity index is 2.40. The van der Waals surface area contributed by atoms with Crippen molar-refractivity contribution < 1.29 is 4.39 Å². The van der Waals surface area contributed by atoms with Gasteiger partial charge in [0.05, 0.1) is 7.85 Å². The Morgan fingerprint density at radius 2 is 1.58 bits per heavy atom. The fraction of sp³-hybridized carbons (Fsp3) is 0.647. The largest absolute Gasteiger partial charge is 0.207 e. The predicted molar refractivity (Wildman–Crippen MR) is 80.2 cm³/mol. The molecular formula is C17H24BF. The summed E-state index contributed by atoms with van der Waals surface area (Å²) in [5.74, 6) is -0.156. The van der Waals surface area contributed by atoms with Crippen molar-refractivity contribution in [1.82, 2.24) is 0 Å². The van der Waals surface area contributed by atoms with Crippen molar-refractivity contribution in [3.63, 3.8) is 0 Å². The van der Waals surface area contributed by atoms with Gasteiger partial charge in [0.25, 0.3) is 0 Å². The van der Waals surface area contributed by atoms with Gasteiger partial charge in [-0.1, -0.05) is 65.4 Å². The van der Waals surface area contributed by atoms with E-state index in [0.29, 0.717) is 0 Å². The SMILES string of the molecule is [B]C1(c2cc(F)cc(C(C)(C)C)c2)CCCCCC1. The number of halogens is 1. The molecule has 1 aliphatic carbocycles. The molecule has 2 radical (unpaired) electrons. The van der Waals surface area contributed by atoms with Crippen LogP contribution in [0.5, 0.6) is 0 Å². The van der Waals surface area contributed by atoms with Crippen LogP contribution in [0.1, 0.15) is 70.4 Å². The standard InChI is InChI=1S/C17H24BF/c1-16(2,3)13-10-14(12-15(19)11-13)17(18)8-6-4-5-7-9-17/h10-12H,4-9H2,1-3H3. The van der Waals surface area contributed by atoms with Crippen molar-refractivity contribution in [2.45, 2.75) is 70.0 Å². The minimum absolute atomic E-state index is 0.0437. The highest BCUT2D eigenvalue weighted by molar-refractivity contribution is 6.16. The van der Waals surface area contributed by atoms with Gasteiger partial charge in [-0.25, -0.2) is 4.39 Å². The van der Waals surface area contributed by atoms with Gasteiger partial charge in [0.2, 0.25) is 0 Å². The third-order valence-electron chi connectivity index (χ3n) is 4.33. The van der Waals surface area contributed by atoms with E-state index in [2.05, 4.69) is 26.8 Å². The smallest absolute Gasteiger partial charge is 0.123 e. The summed E-state index contributed by atoms with van der Waals surface area (Å²) in [5, 5.41) is -0.335. The highest BCUT2D eigenvalue weighted by Crippen LogP contribution is 2.37. The lowest BCUT2D eigenvalue weighted by molar-refractivity contribution is 0.510. The normalized spacial score (nSPS) is 20.0. The Hall–Kier alpha value is -0.785. The lowest BCUT2D eigenvalue weighted by atomic mass is 9.59. The maximum Gasteiger partial charge on any atom is 0.123 e. The molecule has 1 aliphatic rings. The third kappa shape index (κ3) is 3.40. The van der Waals surface area contributed by atoms with Gasteiger partial charge >= 0.3 is 0 Å². The molecule has 0 saturated heterocycles. The van der Waals surface area contributed by atoms with Crippen LogP contribution in [-0.2, 0) is 10.7 Å². The quantitative estimate of drug-likeness (QED) is 0.499. The molecule has 2 heteroatoms. The van der Waals surface area contributed by atoms with Crippen LogP contribution in [-0.4, -0.2) is 7.85 Å². The van der Waals surface area contributed by atoms with Crippen molar-refractivity contribution in [3.05, 3.63) is 35.1 Å². The van der Waals surface area contributed by atoms with E-state index in [4.69, 9.17) is 7.85 Å². The summed E-state index contributed by atoms with van der Waals surface area (Å²) in [6.07, 6.45) is 6.75. The molecule has 0 amide bonds. The monoisotopic (exact) mass is 258 g/mol. The van der Waals surface area contributed by atoms with Gasteiger partial charge in [0.1, 0.15) is 5.82 Å². The van der Waals surface area contributed by atoms with Gasteiger partial charge < -0.3 is 0 Å². The number of benzene rings is 1. The fourth-order valence-electron chi connectivity index (χ4n) is 2.96. The molecule has 0 heterocycles. The maximum atomic E-state index is 13.9. The van der Waals surface area contributed by atoms with Gasteiger partial charge in [0.15, 0.2) is 0 Å². The van der Waals surface area contributed by atoms with Crippen LogP contribution < -0.4 is 0 Å². The highest BCUT2D eigenvalue weighted by Gasteiger charge is 2.28. The first kappa shape index (κ1) is 14.6. The summed E-state index contributed by atoms with van der Waals surface area (Å²) < 4.78 is 13.9.